The van der Waals surface area contributed by atoms with Crippen molar-refractivity contribution in [1.29, 1.82) is 0 Å². The largest absolute Gasteiger partial charge is 0.358 e. The molecule has 0 amide bonds. The van der Waals surface area contributed by atoms with E-state index in [4.69, 9.17) is 23.2 Å². The lowest BCUT2D eigenvalue weighted by atomic mass is 9.98. The number of rotatable bonds is 8. The molecule has 1 aliphatic rings. The Morgan fingerprint density at radius 1 is 0.969 bits per heavy atom. The molecule has 0 unspecified atom stereocenters. The number of aromatic nitrogens is 1. The molecule has 4 rings (SSSR count). The summed E-state index contributed by atoms with van der Waals surface area (Å²) in [5, 5.41) is 1.27. The first-order chi connectivity index (χ1) is 15.1. The van der Waals surface area contributed by atoms with Gasteiger partial charge >= 0.3 is 0 Å². The summed E-state index contributed by atoms with van der Waals surface area (Å²) < 4.78 is 55.8. The van der Waals surface area contributed by atoms with Crippen LogP contribution in [0.5, 0.6) is 0 Å². The minimum atomic E-state index is -3.98. The summed E-state index contributed by atoms with van der Waals surface area (Å²) in [4.78, 5) is 5.01. The van der Waals surface area contributed by atoms with Crippen LogP contribution in [0.2, 0.25) is 10.0 Å². The maximum Gasteiger partial charge on any atom is 0.261 e. The summed E-state index contributed by atoms with van der Waals surface area (Å²) in [7, 11) is -5.67. The van der Waals surface area contributed by atoms with E-state index >= 15 is 0 Å². The average molecular weight is 517 g/mol. The van der Waals surface area contributed by atoms with E-state index in [1.807, 2.05) is 7.05 Å². The van der Waals surface area contributed by atoms with Crippen molar-refractivity contribution < 1.29 is 16.8 Å². The Hall–Kier alpha value is -1.82. The van der Waals surface area contributed by atoms with Crippen molar-refractivity contribution in [2.45, 2.75) is 16.2 Å². The third-order valence-corrected chi connectivity index (χ3v) is 8.88. The molecule has 8 nitrogen and oxygen atoms in total. The van der Waals surface area contributed by atoms with Crippen molar-refractivity contribution in [3.8, 4) is 0 Å². The van der Waals surface area contributed by atoms with Gasteiger partial charge in [-0.1, -0.05) is 23.2 Å². The van der Waals surface area contributed by atoms with E-state index in [1.54, 1.807) is 6.07 Å². The molecule has 172 valence electrons. The number of hydrogen-bond acceptors (Lipinski definition) is 5. The van der Waals surface area contributed by atoms with E-state index in [-0.39, 0.29) is 15.5 Å². The number of anilines is 1. The van der Waals surface area contributed by atoms with Crippen LogP contribution < -0.4 is 9.44 Å². The third-order valence-electron chi connectivity index (χ3n) is 5.41. The predicted molar refractivity (Wildman–Crippen MR) is 126 cm³/mol. The molecule has 12 heteroatoms. The third kappa shape index (κ3) is 4.75. The lowest BCUT2D eigenvalue weighted by molar-refractivity contribution is 0.128. The molecular formula is C20H22Cl2N4O4S2. The second-order valence-electron chi connectivity index (χ2n) is 7.83. The quantitative estimate of drug-likeness (QED) is 0.424. The molecule has 0 saturated carbocycles. The van der Waals surface area contributed by atoms with Crippen LogP contribution in [-0.4, -0.2) is 53.4 Å². The van der Waals surface area contributed by atoms with Crippen LogP contribution in [0.4, 0.5) is 5.69 Å². The molecule has 0 bridgehead atoms. The molecule has 0 radical (unpaired) electrons. The van der Waals surface area contributed by atoms with Gasteiger partial charge in [-0.25, -0.2) is 21.6 Å². The molecule has 3 N–H and O–H groups in total. The molecule has 1 aliphatic heterocycles. The molecule has 0 atom stereocenters. The van der Waals surface area contributed by atoms with E-state index in [0.717, 1.165) is 19.5 Å². The zero-order chi connectivity index (χ0) is 23.1. The van der Waals surface area contributed by atoms with E-state index in [0.29, 0.717) is 33.4 Å². The molecule has 3 aromatic rings. The zero-order valence-electron chi connectivity index (χ0n) is 17.1. The number of sulfonamides is 2. The second-order valence-corrected chi connectivity index (χ2v) is 12.1. The van der Waals surface area contributed by atoms with Crippen molar-refractivity contribution >= 4 is 59.8 Å². The Kier molecular flexibility index (Phi) is 6.45. The number of fused-ring (bicyclic) bond motifs is 1. The predicted octanol–water partition coefficient (Wildman–Crippen LogP) is 3.51. The van der Waals surface area contributed by atoms with Gasteiger partial charge in [0.1, 0.15) is 0 Å². The fraction of sp³-hybridized carbons (Fsp3) is 0.300. The number of hydrogen-bond donors (Lipinski definition) is 3. The average Bonchev–Trinajstić information content (AvgIpc) is 3.11. The Morgan fingerprint density at radius 3 is 2.22 bits per heavy atom. The lowest BCUT2D eigenvalue weighted by Crippen LogP contribution is -2.45. The van der Waals surface area contributed by atoms with Crippen molar-refractivity contribution in [1.82, 2.24) is 14.6 Å². The van der Waals surface area contributed by atoms with Crippen molar-refractivity contribution in [3.63, 3.8) is 0 Å². The fourth-order valence-electron chi connectivity index (χ4n) is 3.75. The van der Waals surface area contributed by atoms with Gasteiger partial charge in [-0.15, -0.1) is 0 Å². The summed E-state index contributed by atoms with van der Waals surface area (Å²) in [6, 6.07) is 8.13. The molecule has 2 heterocycles. The Bertz CT molecular complexity index is 1350. The molecule has 1 saturated heterocycles. The Morgan fingerprint density at radius 2 is 1.59 bits per heavy atom. The van der Waals surface area contributed by atoms with Crippen molar-refractivity contribution in [3.05, 3.63) is 52.6 Å². The molecule has 1 fully saturated rings. The van der Waals surface area contributed by atoms with Gasteiger partial charge in [-0.05, 0) is 55.8 Å². The molecule has 1 aromatic heterocycles. The number of aromatic amines is 1. The van der Waals surface area contributed by atoms with Gasteiger partial charge in [0.2, 0.25) is 10.0 Å². The molecule has 0 aliphatic carbocycles. The highest BCUT2D eigenvalue weighted by molar-refractivity contribution is 7.92. The number of nitrogens with one attached hydrogen (secondary N) is 3. The topological polar surface area (TPSA) is 111 Å². The van der Waals surface area contributed by atoms with Crippen LogP contribution in [0.1, 0.15) is 6.42 Å². The second kappa shape index (κ2) is 8.85. The monoisotopic (exact) mass is 516 g/mol. The number of halogens is 2. The standard InChI is InChI=1S/C20H22Cl2N4O4S2/c1-26-11-13(12-26)8-9-24-31(27,28)14-2-4-15(5-3-14)32(29,30)25-18-7-6-16(21)19-17(22)10-23-20(18)19/h2-7,10,13,23-25H,8-9,11-12H2,1H3. The maximum atomic E-state index is 12.9. The minimum Gasteiger partial charge on any atom is -0.358 e. The number of nitrogens with zero attached hydrogens (tertiary/aromatic N) is 1. The highest BCUT2D eigenvalue weighted by Crippen LogP contribution is 2.35. The normalized spacial score (nSPS) is 15.7. The van der Waals surface area contributed by atoms with Crippen LogP contribution in [0, 0.1) is 5.92 Å². The number of likely N-dealkylation sites (tertiary alicyclic amines) is 1. The zero-order valence-corrected chi connectivity index (χ0v) is 20.2. The van der Waals surface area contributed by atoms with Gasteiger partial charge in [-0.2, -0.15) is 0 Å². The van der Waals surface area contributed by atoms with E-state index in [9.17, 15) is 16.8 Å². The maximum absolute atomic E-state index is 12.9. The summed E-state index contributed by atoms with van der Waals surface area (Å²) in [6.07, 6.45) is 2.28. The lowest BCUT2D eigenvalue weighted by Gasteiger charge is -2.36. The Balaban J connectivity index is 1.48. The van der Waals surface area contributed by atoms with Gasteiger partial charge < -0.3 is 9.88 Å². The van der Waals surface area contributed by atoms with Crippen LogP contribution in [0.3, 0.4) is 0 Å². The van der Waals surface area contributed by atoms with Gasteiger partial charge in [0.25, 0.3) is 10.0 Å². The van der Waals surface area contributed by atoms with Gasteiger partial charge in [0.15, 0.2) is 0 Å². The molecule has 0 spiro atoms. The first-order valence-corrected chi connectivity index (χ1v) is 13.6. The number of benzene rings is 2. The van der Waals surface area contributed by atoms with Crippen LogP contribution in [-0.2, 0) is 20.0 Å². The highest BCUT2D eigenvalue weighted by Gasteiger charge is 2.24. The van der Waals surface area contributed by atoms with Crippen molar-refractivity contribution in [2.24, 2.45) is 5.92 Å². The summed E-state index contributed by atoms with van der Waals surface area (Å²) in [5.41, 5.74) is 0.725. The van der Waals surface area contributed by atoms with Crippen LogP contribution >= 0.6 is 23.2 Å². The molecular weight excluding hydrogens is 495 g/mol. The van der Waals surface area contributed by atoms with E-state index in [2.05, 4.69) is 19.3 Å². The SMILES string of the molecule is CN1CC(CCNS(=O)(=O)c2ccc(S(=O)(=O)Nc3ccc(Cl)c4c(Cl)c[nH]c34)cc2)C1. The van der Waals surface area contributed by atoms with Gasteiger partial charge in [0.05, 0.1) is 31.0 Å². The smallest absolute Gasteiger partial charge is 0.261 e. The first kappa shape index (κ1) is 23.3. The van der Waals surface area contributed by atoms with Crippen molar-refractivity contribution in [2.75, 3.05) is 31.4 Å². The van der Waals surface area contributed by atoms with Gasteiger partial charge in [0, 0.05) is 31.2 Å². The molecule has 2 aromatic carbocycles. The van der Waals surface area contributed by atoms with Gasteiger partial charge in [-0.3, -0.25) is 4.72 Å². The van der Waals surface area contributed by atoms with E-state index < -0.39 is 20.0 Å². The first-order valence-electron chi connectivity index (χ1n) is 9.83. The molecule has 32 heavy (non-hydrogen) atoms. The summed E-state index contributed by atoms with van der Waals surface area (Å²) in [5.74, 6) is 0.496. The Labute approximate surface area is 197 Å². The van der Waals surface area contributed by atoms with Crippen LogP contribution in [0.25, 0.3) is 10.9 Å². The minimum absolute atomic E-state index is 0.00668. The number of H-pyrrole nitrogens is 1. The summed E-state index contributed by atoms with van der Waals surface area (Å²) in [6.45, 7) is 2.28. The summed E-state index contributed by atoms with van der Waals surface area (Å²) >= 11 is 12.3. The van der Waals surface area contributed by atoms with Crippen LogP contribution in [0.15, 0.2) is 52.4 Å². The fourth-order valence-corrected chi connectivity index (χ4v) is 6.42. The van der Waals surface area contributed by atoms with E-state index in [1.165, 1.54) is 36.5 Å². The highest BCUT2D eigenvalue weighted by atomic mass is 35.5.